The molecule has 1 unspecified atom stereocenters. The molecule has 29 heavy (non-hydrogen) atoms. The summed E-state index contributed by atoms with van der Waals surface area (Å²) in [5.74, 6) is 1.24. The summed E-state index contributed by atoms with van der Waals surface area (Å²) in [7, 11) is 3.96. The number of allylic oxidation sites excluding steroid dienone is 1. The largest absolute Gasteiger partial charge is 0.501 e. The normalized spacial score (nSPS) is 23.6. The second-order valence-corrected chi connectivity index (χ2v) is 8.66. The average molecular weight is 416 g/mol. The molecule has 2 aliphatic heterocycles. The van der Waals surface area contributed by atoms with Crippen LogP contribution in [0.3, 0.4) is 0 Å². The zero-order valence-electron chi connectivity index (χ0n) is 17.4. The average Bonchev–Trinajstić information content (AvgIpc) is 2.75. The molecule has 0 aromatic heterocycles. The lowest BCUT2D eigenvalue weighted by Crippen LogP contribution is -2.51. The molecule has 0 N–H and O–H groups in total. The Morgan fingerprint density at radius 2 is 1.83 bits per heavy atom. The zero-order chi connectivity index (χ0) is 20.4. The van der Waals surface area contributed by atoms with E-state index in [1.807, 2.05) is 29.2 Å². The van der Waals surface area contributed by atoms with E-state index in [1.54, 1.807) is 7.11 Å². The molecule has 1 fully saturated rings. The van der Waals surface area contributed by atoms with Crippen molar-refractivity contribution in [3.05, 3.63) is 58.0 Å². The van der Waals surface area contributed by atoms with Gasteiger partial charge >= 0.3 is 0 Å². The Kier molecular flexibility index (Phi) is 6.28. The lowest BCUT2D eigenvalue weighted by Gasteiger charge is -2.43. The second-order valence-electron chi connectivity index (χ2n) is 8.22. The molecule has 1 amide bonds. The van der Waals surface area contributed by atoms with E-state index in [2.05, 4.69) is 23.0 Å². The van der Waals surface area contributed by atoms with Gasteiger partial charge in [0.15, 0.2) is 0 Å². The molecule has 0 spiro atoms. The Morgan fingerprint density at radius 1 is 1.10 bits per heavy atom. The van der Waals surface area contributed by atoms with Crippen LogP contribution in [-0.2, 0) is 16.0 Å². The fourth-order valence-corrected chi connectivity index (χ4v) is 4.79. The molecule has 3 aliphatic rings. The number of likely N-dealkylation sites (N-methyl/N-ethyl adjacent to an activating group) is 1. The maximum absolute atomic E-state index is 13.0. The monoisotopic (exact) mass is 415 g/mol. The van der Waals surface area contributed by atoms with E-state index < -0.39 is 0 Å². The molecule has 6 heteroatoms. The Morgan fingerprint density at radius 3 is 2.52 bits per heavy atom. The van der Waals surface area contributed by atoms with Gasteiger partial charge in [0.2, 0.25) is 5.91 Å². The van der Waals surface area contributed by atoms with Gasteiger partial charge in [0.1, 0.15) is 0 Å². The molecular weight excluding hydrogens is 386 g/mol. The van der Waals surface area contributed by atoms with Gasteiger partial charge in [-0.25, -0.2) is 0 Å². The fourth-order valence-electron chi connectivity index (χ4n) is 4.66. The van der Waals surface area contributed by atoms with Crippen LogP contribution in [-0.4, -0.2) is 73.5 Å². The zero-order valence-corrected chi connectivity index (χ0v) is 18.1. The van der Waals surface area contributed by atoms with E-state index in [0.29, 0.717) is 24.0 Å². The van der Waals surface area contributed by atoms with Crippen LogP contribution in [0.25, 0.3) is 0 Å². The van der Waals surface area contributed by atoms with Crippen LogP contribution in [0, 0.1) is 0 Å². The van der Waals surface area contributed by atoms with E-state index in [0.717, 1.165) is 56.8 Å². The SMILES string of the molecule is COC1=C2CCN(C(=O)Cc3ccc(Cl)cc3)C=C2C(N2CCN(C)CC2)CC1. The van der Waals surface area contributed by atoms with Crippen molar-refractivity contribution < 1.29 is 9.53 Å². The maximum atomic E-state index is 13.0. The number of ether oxygens (including phenoxy) is 1. The molecule has 2 heterocycles. The summed E-state index contributed by atoms with van der Waals surface area (Å²) in [5, 5.41) is 0.695. The van der Waals surface area contributed by atoms with E-state index >= 15 is 0 Å². The minimum absolute atomic E-state index is 0.139. The molecule has 4 rings (SSSR count). The minimum Gasteiger partial charge on any atom is -0.501 e. The lowest BCUT2D eigenvalue weighted by atomic mass is 9.83. The minimum atomic E-state index is 0.139. The van der Waals surface area contributed by atoms with Crippen LogP contribution in [0.2, 0.25) is 5.02 Å². The Labute approximate surface area is 178 Å². The van der Waals surface area contributed by atoms with Gasteiger partial charge in [-0.2, -0.15) is 0 Å². The molecule has 0 radical (unpaired) electrons. The highest BCUT2D eigenvalue weighted by Crippen LogP contribution is 2.38. The molecule has 1 saturated heterocycles. The van der Waals surface area contributed by atoms with Crippen molar-refractivity contribution in [2.24, 2.45) is 0 Å². The van der Waals surface area contributed by atoms with Gasteiger partial charge < -0.3 is 14.5 Å². The first-order chi connectivity index (χ1) is 14.0. The van der Waals surface area contributed by atoms with Crippen molar-refractivity contribution in [1.82, 2.24) is 14.7 Å². The first-order valence-corrected chi connectivity index (χ1v) is 10.9. The molecule has 1 aliphatic carbocycles. The van der Waals surface area contributed by atoms with Crippen molar-refractivity contribution >= 4 is 17.5 Å². The summed E-state index contributed by atoms with van der Waals surface area (Å²) < 4.78 is 5.71. The van der Waals surface area contributed by atoms with E-state index in [1.165, 1.54) is 11.1 Å². The second kappa shape index (κ2) is 8.90. The van der Waals surface area contributed by atoms with Crippen molar-refractivity contribution in [3.63, 3.8) is 0 Å². The number of carbonyl (C=O) groups is 1. The summed E-state index contributed by atoms with van der Waals surface area (Å²) in [6.45, 7) is 5.06. The van der Waals surface area contributed by atoms with Gasteiger partial charge in [0, 0.05) is 56.4 Å². The number of hydrogen-bond acceptors (Lipinski definition) is 4. The molecule has 156 valence electrons. The summed E-state index contributed by atoms with van der Waals surface area (Å²) >= 11 is 5.97. The van der Waals surface area contributed by atoms with Crippen LogP contribution in [0.15, 0.2) is 47.4 Å². The number of methoxy groups -OCH3 is 1. The topological polar surface area (TPSA) is 36.0 Å². The highest BCUT2D eigenvalue weighted by Gasteiger charge is 2.35. The lowest BCUT2D eigenvalue weighted by molar-refractivity contribution is -0.128. The number of amides is 1. The van der Waals surface area contributed by atoms with Crippen LogP contribution in [0.4, 0.5) is 0 Å². The molecule has 5 nitrogen and oxygen atoms in total. The van der Waals surface area contributed by atoms with Crippen molar-refractivity contribution in [2.75, 3.05) is 46.9 Å². The van der Waals surface area contributed by atoms with Gasteiger partial charge in [-0.3, -0.25) is 9.69 Å². The van der Waals surface area contributed by atoms with Gasteiger partial charge in [0.25, 0.3) is 0 Å². The molecule has 1 atom stereocenters. The number of carbonyl (C=O) groups excluding carboxylic acids is 1. The van der Waals surface area contributed by atoms with E-state index in [-0.39, 0.29) is 5.91 Å². The molecule has 0 bridgehead atoms. The maximum Gasteiger partial charge on any atom is 0.230 e. The summed E-state index contributed by atoms with van der Waals surface area (Å²) in [4.78, 5) is 19.9. The number of benzene rings is 1. The van der Waals surface area contributed by atoms with Gasteiger partial charge in [-0.1, -0.05) is 23.7 Å². The molecule has 1 aromatic carbocycles. The predicted octanol–water partition coefficient (Wildman–Crippen LogP) is 3.31. The number of rotatable bonds is 4. The molecule has 1 aromatic rings. The number of nitrogens with zero attached hydrogens (tertiary/aromatic N) is 3. The third-order valence-corrected chi connectivity index (χ3v) is 6.65. The number of piperazine rings is 1. The quantitative estimate of drug-likeness (QED) is 0.755. The highest BCUT2D eigenvalue weighted by atomic mass is 35.5. The van der Waals surface area contributed by atoms with Crippen molar-refractivity contribution in [3.8, 4) is 0 Å². The van der Waals surface area contributed by atoms with Gasteiger partial charge in [-0.15, -0.1) is 0 Å². The third kappa shape index (κ3) is 4.52. The van der Waals surface area contributed by atoms with Crippen molar-refractivity contribution in [1.29, 1.82) is 0 Å². The number of halogens is 1. The molecular formula is C23H30ClN3O2. The Balaban J connectivity index is 1.55. The predicted molar refractivity (Wildman–Crippen MR) is 116 cm³/mol. The summed E-state index contributed by atoms with van der Waals surface area (Å²) in [6.07, 6.45) is 5.42. The van der Waals surface area contributed by atoms with Gasteiger partial charge in [-0.05, 0) is 48.7 Å². The van der Waals surface area contributed by atoms with Crippen LogP contribution in [0.1, 0.15) is 24.8 Å². The van der Waals surface area contributed by atoms with Crippen LogP contribution >= 0.6 is 11.6 Å². The third-order valence-electron chi connectivity index (χ3n) is 6.40. The summed E-state index contributed by atoms with van der Waals surface area (Å²) in [6, 6.07) is 7.92. The standard InChI is InChI=1S/C23H30ClN3O2/c1-25-11-13-26(14-12-25)21-7-8-22(29-2)19-9-10-27(16-20(19)21)23(28)15-17-3-5-18(24)6-4-17/h3-6,16,21H,7-15H2,1-2H3. The number of fused-ring (bicyclic) bond motifs is 1. The van der Waals surface area contributed by atoms with Crippen molar-refractivity contribution in [2.45, 2.75) is 31.7 Å². The summed E-state index contributed by atoms with van der Waals surface area (Å²) in [5.41, 5.74) is 3.60. The van der Waals surface area contributed by atoms with E-state index in [4.69, 9.17) is 16.3 Å². The van der Waals surface area contributed by atoms with Crippen LogP contribution < -0.4 is 0 Å². The first-order valence-electron chi connectivity index (χ1n) is 10.5. The smallest absolute Gasteiger partial charge is 0.230 e. The molecule has 0 saturated carbocycles. The van der Waals surface area contributed by atoms with Gasteiger partial charge in [0.05, 0.1) is 19.3 Å². The van der Waals surface area contributed by atoms with Crippen LogP contribution in [0.5, 0.6) is 0 Å². The highest BCUT2D eigenvalue weighted by molar-refractivity contribution is 6.30. The van der Waals surface area contributed by atoms with E-state index in [9.17, 15) is 4.79 Å². The Hall–Kier alpha value is -1.82. The fraction of sp³-hybridized carbons (Fsp3) is 0.522. The Bertz CT molecular complexity index is 810. The first kappa shape index (κ1) is 20.5. The number of hydrogen-bond donors (Lipinski definition) is 0.